The number of nitrogens with zero attached hydrogens (tertiary/aromatic N) is 2. The lowest BCUT2D eigenvalue weighted by Gasteiger charge is -2.24. The van der Waals surface area contributed by atoms with Crippen LogP contribution in [0.1, 0.15) is 16.1 Å². The number of amides is 1. The van der Waals surface area contributed by atoms with Gasteiger partial charge in [0.05, 0.1) is 23.2 Å². The van der Waals surface area contributed by atoms with Gasteiger partial charge in [0.2, 0.25) is 0 Å². The van der Waals surface area contributed by atoms with E-state index in [0.29, 0.717) is 28.4 Å². The average molecular weight is 302 g/mol. The second-order valence-electron chi connectivity index (χ2n) is 5.67. The second-order valence-corrected chi connectivity index (χ2v) is 5.67. The molecule has 0 unspecified atom stereocenters. The van der Waals surface area contributed by atoms with Crippen molar-refractivity contribution in [3.05, 3.63) is 69.7 Å². The van der Waals surface area contributed by atoms with E-state index in [-0.39, 0.29) is 11.7 Å². The summed E-state index contributed by atoms with van der Waals surface area (Å²) in [6.07, 6.45) is 12.0. The van der Waals surface area contributed by atoms with Crippen molar-refractivity contribution in [3.63, 3.8) is 0 Å². The molecule has 1 aliphatic carbocycles. The summed E-state index contributed by atoms with van der Waals surface area (Å²) in [6, 6.07) is 1.75. The van der Waals surface area contributed by atoms with Crippen LogP contribution in [0.5, 0.6) is 0 Å². The van der Waals surface area contributed by atoms with Crippen LogP contribution in [0.4, 0.5) is 0 Å². The molecule has 1 amide bonds. The highest BCUT2D eigenvalue weighted by Gasteiger charge is 2.32. The number of rotatable bonds is 0. The van der Waals surface area contributed by atoms with Gasteiger partial charge in [-0.1, -0.05) is 0 Å². The topological polar surface area (TPSA) is 59.5 Å². The van der Waals surface area contributed by atoms with Gasteiger partial charge < -0.3 is 4.74 Å². The monoisotopic (exact) mass is 302 g/mol. The SMILES string of the molecule is O=C1C=Cc2nc3c(cc2=C1)C(=O)N1C=C2COC=CC2=CC=31. The lowest BCUT2D eigenvalue weighted by Crippen LogP contribution is -2.25. The Kier molecular flexibility index (Phi) is 2.24. The number of allylic oxidation sites excluding steroid dienone is 2. The van der Waals surface area contributed by atoms with E-state index in [1.54, 1.807) is 23.3 Å². The first kappa shape index (κ1) is 12.3. The fourth-order valence-corrected chi connectivity index (χ4v) is 3.14. The van der Waals surface area contributed by atoms with Gasteiger partial charge in [-0.05, 0) is 42.0 Å². The Morgan fingerprint density at radius 3 is 2.96 bits per heavy atom. The van der Waals surface area contributed by atoms with Crippen LogP contribution in [0.2, 0.25) is 0 Å². The van der Waals surface area contributed by atoms with Crippen molar-refractivity contribution in [2.24, 2.45) is 0 Å². The molecule has 5 nitrogen and oxygen atoms in total. The van der Waals surface area contributed by atoms with Crippen LogP contribution in [0.3, 0.4) is 0 Å². The van der Waals surface area contributed by atoms with E-state index in [9.17, 15) is 9.59 Å². The van der Waals surface area contributed by atoms with Crippen LogP contribution in [-0.4, -0.2) is 28.2 Å². The molecule has 5 rings (SSSR count). The van der Waals surface area contributed by atoms with Crippen LogP contribution in [0.15, 0.2) is 47.9 Å². The maximum atomic E-state index is 12.7. The number of fused-ring (bicyclic) bond motifs is 4. The van der Waals surface area contributed by atoms with Crippen LogP contribution in [0, 0.1) is 0 Å². The quantitative estimate of drug-likeness (QED) is 0.695. The van der Waals surface area contributed by atoms with Gasteiger partial charge in [0.25, 0.3) is 5.91 Å². The molecule has 4 heterocycles. The molecule has 4 aliphatic rings. The molecule has 1 aromatic rings. The van der Waals surface area contributed by atoms with Crippen molar-refractivity contribution >= 4 is 29.5 Å². The standard InChI is InChI=1S/C18H10N2O3/c21-13-1-2-15-11(5-13)6-14-17(19-15)16-7-10-3-4-23-9-12(10)8-20(16)18(14)22/h1-8H,9H2. The molecule has 0 saturated heterocycles. The number of hydrogen-bond donors (Lipinski definition) is 0. The fraction of sp³-hybridized carbons (Fsp3) is 0.0556. The summed E-state index contributed by atoms with van der Waals surface area (Å²) >= 11 is 0. The van der Waals surface area contributed by atoms with Crippen LogP contribution in [0.25, 0.3) is 17.8 Å². The number of carbonyl (C=O) groups is 2. The number of hydrogen-bond acceptors (Lipinski definition) is 4. The highest BCUT2D eigenvalue weighted by molar-refractivity contribution is 6.17. The maximum Gasteiger partial charge on any atom is 0.264 e. The highest BCUT2D eigenvalue weighted by atomic mass is 16.5. The number of ketones is 1. The third-order valence-corrected chi connectivity index (χ3v) is 4.27. The van der Waals surface area contributed by atoms with E-state index in [0.717, 1.165) is 16.8 Å². The zero-order chi connectivity index (χ0) is 15.6. The zero-order valence-corrected chi connectivity index (χ0v) is 11.9. The molecule has 0 atom stereocenters. The zero-order valence-electron chi connectivity index (χ0n) is 11.9. The smallest absolute Gasteiger partial charge is 0.264 e. The van der Waals surface area contributed by atoms with Gasteiger partial charge >= 0.3 is 0 Å². The molecule has 0 fully saturated rings. The minimum Gasteiger partial charge on any atom is -0.496 e. The van der Waals surface area contributed by atoms with Crippen molar-refractivity contribution in [1.29, 1.82) is 0 Å². The first-order valence-corrected chi connectivity index (χ1v) is 7.24. The van der Waals surface area contributed by atoms with Gasteiger partial charge in [0.1, 0.15) is 12.0 Å². The average Bonchev–Trinajstić information content (AvgIpc) is 2.83. The van der Waals surface area contributed by atoms with E-state index in [2.05, 4.69) is 4.98 Å². The Hall–Kier alpha value is -3.21. The minimum absolute atomic E-state index is 0.0902. The summed E-state index contributed by atoms with van der Waals surface area (Å²) < 4.78 is 5.29. The normalized spacial score (nSPS) is 20.0. The molecule has 0 spiro atoms. The summed E-state index contributed by atoms with van der Waals surface area (Å²) in [5, 5.41) is 1.34. The first-order valence-electron chi connectivity index (χ1n) is 7.24. The molecule has 23 heavy (non-hydrogen) atoms. The van der Waals surface area contributed by atoms with Crippen LogP contribution >= 0.6 is 0 Å². The van der Waals surface area contributed by atoms with E-state index >= 15 is 0 Å². The molecule has 0 radical (unpaired) electrons. The molecule has 0 aromatic carbocycles. The molecule has 5 heteroatoms. The van der Waals surface area contributed by atoms with Gasteiger partial charge in [0, 0.05) is 17.0 Å². The Labute approximate surface area is 130 Å². The minimum atomic E-state index is -0.127. The maximum absolute atomic E-state index is 12.7. The second kappa shape index (κ2) is 4.16. The molecule has 110 valence electrons. The van der Waals surface area contributed by atoms with Gasteiger partial charge in [-0.15, -0.1) is 0 Å². The fourth-order valence-electron chi connectivity index (χ4n) is 3.14. The van der Waals surface area contributed by atoms with Crippen molar-refractivity contribution in [2.45, 2.75) is 0 Å². The first-order chi connectivity index (χ1) is 11.2. The van der Waals surface area contributed by atoms with E-state index in [4.69, 9.17) is 4.74 Å². The lowest BCUT2D eigenvalue weighted by molar-refractivity contribution is -0.109. The summed E-state index contributed by atoms with van der Waals surface area (Å²) in [5.74, 6) is -0.217. The lowest BCUT2D eigenvalue weighted by atomic mass is 10.0. The van der Waals surface area contributed by atoms with E-state index < -0.39 is 0 Å². The molecule has 1 aromatic heterocycles. The summed E-state index contributed by atoms with van der Waals surface area (Å²) in [4.78, 5) is 30.4. The van der Waals surface area contributed by atoms with E-state index in [1.807, 2.05) is 18.4 Å². The Morgan fingerprint density at radius 1 is 1.13 bits per heavy atom. The van der Waals surface area contributed by atoms with E-state index in [1.165, 1.54) is 12.2 Å². The molecular weight excluding hydrogens is 292 g/mol. The highest BCUT2D eigenvalue weighted by Crippen LogP contribution is 2.30. The van der Waals surface area contributed by atoms with Gasteiger partial charge in [0.15, 0.2) is 5.78 Å². The van der Waals surface area contributed by atoms with Gasteiger partial charge in [-0.3, -0.25) is 14.5 Å². The molecule has 0 saturated carbocycles. The molecular formula is C18H10N2O3. The molecule has 0 N–H and O–H groups in total. The largest absolute Gasteiger partial charge is 0.496 e. The van der Waals surface area contributed by atoms with Gasteiger partial charge in [-0.2, -0.15) is 0 Å². The molecule has 3 aliphatic heterocycles. The van der Waals surface area contributed by atoms with Crippen LogP contribution < -0.4 is 10.6 Å². The van der Waals surface area contributed by atoms with Crippen molar-refractivity contribution < 1.29 is 14.3 Å². The third kappa shape index (κ3) is 1.64. The van der Waals surface area contributed by atoms with Crippen LogP contribution in [-0.2, 0) is 9.53 Å². The number of aromatic nitrogens is 1. The van der Waals surface area contributed by atoms with Crippen molar-refractivity contribution in [2.75, 3.05) is 6.61 Å². The Morgan fingerprint density at radius 2 is 2.04 bits per heavy atom. The number of pyridine rings is 1. The number of ether oxygens (including phenoxy) is 1. The van der Waals surface area contributed by atoms with Crippen molar-refractivity contribution in [1.82, 2.24) is 9.88 Å². The third-order valence-electron chi connectivity index (χ3n) is 4.27. The summed E-state index contributed by atoms with van der Waals surface area (Å²) in [7, 11) is 0. The summed E-state index contributed by atoms with van der Waals surface area (Å²) in [5.41, 5.74) is 3.99. The molecule has 0 bridgehead atoms. The van der Waals surface area contributed by atoms with Crippen molar-refractivity contribution in [3.8, 4) is 0 Å². The van der Waals surface area contributed by atoms with Gasteiger partial charge in [-0.25, -0.2) is 4.98 Å². The Balaban J connectivity index is 1.81. The Bertz CT molecular complexity index is 1050. The summed E-state index contributed by atoms with van der Waals surface area (Å²) in [6.45, 7) is 0.449. The predicted octanol–water partition coefficient (Wildman–Crippen LogP) is 0.390. The number of carbonyl (C=O) groups excluding carboxylic acids is 2. The predicted molar refractivity (Wildman–Crippen MR) is 82.8 cm³/mol.